The Balaban J connectivity index is 1.82. The van der Waals surface area contributed by atoms with Crippen molar-refractivity contribution in [1.82, 2.24) is 0 Å². The van der Waals surface area contributed by atoms with Gasteiger partial charge < -0.3 is 14.8 Å². The van der Waals surface area contributed by atoms with Crippen molar-refractivity contribution in [2.75, 3.05) is 5.32 Å². The summed E-state index contributed by atoms with van der Waals surface area (Å²) in [5.74, 6) is 0.101. The lowest BCUT2D eigenvalue weighted by atomic mass is 10.1. The number of anilines is 1. The highest BCUT2D eigenvalue weighted by atomic mass is 79.9. The summed E-state index contributed by atoms with van der Waals surface area (Å²) in [6, 6.07) is 15.1. The van der Waals surface area contributed by atoms with Crippen LogP contribution in [0, 0.1) is 21.4 Å². The van der Waals surface area contributed by atoms with Gasteiger partial charge in [-0.15, -0.1) is 0 Å². The number of carbonyl (C=O) groups excluding carboxylic acids is 1. The number of non-ortho nitro benzene ring substituents is 1. The predicted molar refractivity (Wildman–Crippen MR) is 109 cm³/mol. The number of furan rings is 1. The Hall–Kier alpha value is -3.90. The lowest BCUT2D eigenvalue weighted by Gasteiger charge is -2.04. The first kappa shape index (κ1) is 19.9. The summed E-state index contributed by atoms with van der Waals surface area (Å²) in [5.41, 5.74) is 0.762. The molecule has 29 heavy (non-hydrogen) atoms. The molecular formula is C20H12BrN3O5. The lowest BCUT2D eigenvalue weighted by Crippen LogP contribution is -2.13. The first-order valence-electron chi connectivity index (χ1n) is 8.13. The Labute approximate surface area is 173 Å². The topological polar surface area (TPSA) is 129 Å². The monoisotopic (exact) mass is 453 g/mol. The quantitative estimate of drug-likeness (QED) is 0.186. The molecule has 3 aromatic rings. The molecular weight excluding hydrogens is 442 g/mol. The van der Waals surface area contributed by atoms with Crippen LogP contribution >= 0.6 is 15.9 Å². The molecule has 0 unspecified atom stereocenters. The predicted octanol–water partition coefficient (Wildman–Crippen LogP) is 4.87. The SMILES string of the molecule is N#C/C(=C\c1ccc(-c2ccc([N+](=O)[O-])cc2Br)o1)C(=O)Nc1ccc(O)cc1. The second kappa shape index (κ2) is 8.41. The molecule has 1 aromatic heterocycles. The molecule has 0 fully saturated rings. The Bertz CT molecular complexity index is 1160. The number of aromatic hydroxyl groups is 1. The number of amides is 1. The average molecular weight is 454 g/mol. The third kappa shape index (κ3) is 4.69. The van der Waals surface area contributed by atoms with Crippen LogP contribution in [0.15, 0.2) is 69.1 Å². The lowest BCUT2D eigenvalue weighted by molar-refractivity contribution is -0.384. The number of hydrogen-bond donors (Lipinski definition) is 2. The second-order valence-electron chi connectivity index (χ2n) is 5.79. The van der Waals surface area contributed by atoms with Gasteiger partial charge in [-0.3, -0.25) is 14.9 Å². The van der Waals surface area contributed by atoms with Gasteiger partial charge in [-0.2, -0.15) is 5.26 Å². The summed E-state index contributed by atoms with van der Waals surface area (Å²) in [5, 5.41) is 32.0. The Morgan fingerprint density at radius 3 is 2.55 bits per heavy atom. The number of nitro benzene ring substituents is 1. The molecule has 0 radical (unpaired) electrons. The molecule has 144 valence electrons. The van der Waals surface area contributed by atoms with E-state index in [9.17, 15) is 25.3 Å². The van der Waals surface area contributed by atoms with Crippen LogP contribution in [-0.4, -0.2) is 15.9 Å². The van der Waals surface area contributed by atoms with Gasteiger partial charge in [0.05, 0.1) is 4.92 Å². The molecule has 1 heterocycles. The van der Waals surface area contributed by atoms with Gasteiger partial charge in [-0.05, 0) is 58.4 Å². The highest BCUT2D eigenvalue weighted by Gasteiger charge is 2.15. The largest absolute Gasteiger partial charge is 0.508 e. The summed E-state index contributed by atoms with van der Waals surface area (Å²) >= 11 is 3.28. The number of phenolic OH excluding ortho intramolecular Hbond substituents is 1. The smallest absolute Gasteiger partial charge is 0.270 e. The highest BCUT2D eigenvalue weighted by molar-refractivity contribution is 9.10. The number of benzene rings is 2. The van der Waals surface area contributed by atoms with Crippen LogP contribution < -0.4 is 5.32 Å². The zero-order valence-electron chi connectivity index (χ0n) is 14.6. The van der Waals surface area contributed by atoms with Crippen LogP contribution in [0.1, 0.15) is 5.76 Å². The molecule has 0 atom stereocenters. The molecule has 0 aliphatic heterocycles. The third-order valence-electron chi connectivity index (χ3n) is 3.83. The standard InChI is InChI=1S/C20H12BrN3O5/c21-18-10-14(24(27)28)3-7-17(18)19-8-6-16(29-19)9-12(11-22)20(26)23-13-1-4-15(25)5-2-13/h1-10,25H,(H,23,26)/b12-9+. The fourth-order valence-corrected chi connectivity index (χ4v) is 2.99. The van der Waals surface area contributed by atoms with Crippen molar-refractivity contribution in [2.24, 2.45) is 0 Å². The summed E-state index contributed by atoms with van der Waals surface area (Å²) in [6.45, 7) is 0. The summed E-state index contributed by atoms with van der Waals surface area (Å²) in [7, 11) is 0. The summed E-state index contributed by atoms with van der Waals surface area (Å²) in [4.78, 5) is 22.6. The molecule has 0 spiro atoms. The van der Waals surface area contributed by atoms with Crippen molar-refractivity contribution >= 4 is 39.3 Å². The van der Waals surface area contributed by atoms with E-state index < -0.39 is 10.8 Å². The van der Waals surface area contributed by atoms with E-state index in [4.69, 9.17) is 4.42 Å². The van der Waals surface area contributed by atoms with Gasteiger partial charge >= 0.3 is 0 Å². The molecule has 2 N–H and O–H groups in total. The van der Waals surface area contributed by atoms with Crippen LogP contribution in [0.2, 0.25) is 0 Å². The van der Waals surface area contributed by atoms with E-state index in [1.54, 1.807) is 12.1 Å². The van der Waals surface area contributed by atoms with E-state index >= 15 is 0 Å². The number of carbonyl (C=O) groups is 1. The molecule has 0 aliphatic carbocycles. The Kier molecular flexibility index (Phi) is 5.76. The molecule has 0 aliphatic rings. The zero-order chi connectivity index (χ0) is 21.0. The van der Waals surface area contributed by atoms with Crippen LogP contribution in [-0.2, 0) is 4.79 Å². The molecule has 8 nitrogen and oxygen atoms in total. The average Bonchev–Trinajstić information content (AvgIpc) is 3.16. The fourth-order valence-electron chi connectivity index (χ4n) is 2.43. The molecule has 0 saturated carbocycles. The molecule has 9 heteroatoms. The maximum absolute atomic E-state index is 12.3. The minimum atomic E-state index is -0.632. The summed E-state index contributed by atoms with van der Waals surface area (Å²) < 4.78 is 6.13. The minimum absolute atomic E-state index is 0.0552. The van der Waals surface area contributed by atoms with Crippen molar-refractivity contribution in [3.63, 3.8) is 0 Å². The van der Waals surface area contributed by atoms with Crippen molar-refractivity contribution in [3.05, 3.63) is 80.5 Å². The third-order valence-corrected chi connectivity index (χ3v) is 4.49. The zero-order valence-corrected chi connectivity index (χ0v) is 16.2. The molecule has 0 saturated heterocycles. The number of nitrogens with zero attached hydrogens (tertiary/aromatic N) is 2. The number of rotatable bonds is 5. The van der Waals surface area contributed by atoms with Crippen LogP contribution in [0.3, 0.4) is 0 Å². The van der Waals surface area contributed by atoms with Gasteiger partial charge in [0.25, 0.3) is 11.6 Å². The van der Waals surface area contributed by atoms with E-state index in [0.717, 1.165) is 0 Å². The van der Waals surface area contributed by atoms with Crippen molar-refractivity contribution in [3.8, 4) is 23.1 Å². The minimum Gasteiger partial charge on any atom is -0.508 e. The Morgan fingerprint density at radius 2 is 1.93 bits per heavy atom. The van der Waals surface area contributed by atoms with Gasteiger partial charge in [0, 0.05) is 33.9 Å². The molecule has 3 rings (SSSR count). The van der Waals surface area contributed by atoms with E-state index in [1.165, 1.54) is 48.5 Å². The number of hydrogen-bond acceptors (Lipinski definition) is 6. The van der Waals surface area contributed by atoms with Crippen LogP contribution in [0.4, 0.5) is 11.4 Å². The maximum Gasteiger partial charge on any atom is 0.270 e. The van der Waals surface area contributed by atoms with Gasteiger partial charge in [0.2, 0.25) is 0 Å². The Morgan fingerprint density at radius 1 is 1.21 bits per heavy atom. The van der Waals surface area contributed by atoms with Gasteiger partial charge in [-0.1, -0.05) is 0 Å². The van der Waals surface area contributed by atoms with Gasteiger partial charge in [0.1, 0.15) is 28.9 Å². The number of nitriles is 1. The van der Waals surface area contributed by atoms with E-state index in [2.05, 4.69) is 21.2 Å². The fraction of sp³-hybridized carbons (Fsp3) is 0. The van der Waals surface area contributed by atoms with Crippen LogP contribution in [0.5, 0.6) is 5.75 Å². The van der Waals surface area contributed by atoms with Gasteiger partial charge in [0.15, 0.2) is 0 Å². The number of halogens is 1. The highest BCUT2D eigenvalue weighted by Crippen LogP contribution is 2.33. The maximum atomic E-state index is 12.3. The summed E-state index contributed by atoms with van der Waals surface area (Å²) in [6.07, 6.45) is 1.29. The van der Waals surface area contributed by atoms with Crippen LogP contribution in [0.25, 0.3) is 17.4 Å². The number of phenols is 1. The number of nitrogens with one attached hydrogen (secondary N) is 1. The van der Waals surface area contributed by atoms with Crippen molar-refractivity contribution in [2.45, 2.75) is 0 Å². The van der Waals surface area contributed by atoms with E-state index in [0.29, 0.717) is 21.5 Å². The molecule has 1 amide bonds. The van der Waals surface area contributed by atoms with Gasteiger partial charge in [-0.25, -0.2) is 0 Å². The number of nitro groups is 1. The first-order chi connectivity index (χ1) is 13.9. The van der Waals surface area contributed by atoms with E-state index in [-0.39, 0.29) is 22.8 Å². The van der Waals surface area contributed by atoms with Crippen molar-refractivity contribution in [1.29, 1.82) is 5.26 Å². The van der Waals surface area contributed by atoms with E-state index in [1.807, 2.05) is 6.07 Å². The first-order valence-corrected chi connectivity index (χ1v) is 8.93. The normalized spacial score (nSPS) is 11.0. The van der Waals surface area contributed by atoms with Crippen molar-refractivity contribution < 1.29 is 19.2 Å². The second-order valence-corrected chi connectivity index (χ2v) is 6.65. The molecule has 2 aromatic carbocycles. The molecule has 0 bridgehead atoms.